The Bertz CT molecular complexity index is 1070. The van der Waals surface area contributed by atoms with Gasteiger partial charge in [-0.2, -0.15) is 0 Å². The van der Waals surface area contributed by atoms with Crippen LogP contribution in [0.5, 0.6) is 5.75 Å². The Morgan fingerprint density at radius 1 is 1.19 bits per heavy atom. The summed E-state index contributed by atoms with van der Waals surface area (Å²) in [7, 11) is 0. The quantitative estimate of drug-likeness (QED) is 0.625. The van der Waals surface area contributed by atoms with Crippen LogP contribution in [0.3, 0.4) is 0 Å². The number of amides is 2. The number of rotatable bonds is 7. The van der Waals surface area contributed by atoms with Crippen molar-refractivity contribution in [3.8, 4) is 5.75 Å². The van der Waals surface area contributed by atoms with Gasteiger partial charge in [-0.15, -0.1) is 5.10 Å². The van der Waals surface area contributed by atoms with Crippen LogP contribution in [-0.2, 0) is 16.0 Å². The molecule has 2 aromatic carbocycles. The molecule has 0 aliphatic carbocycles. The number of carbonyl (C=O) groups is 2. The molecular formula is C22H21FN4O4. The average molecular weight is 424 g/mol. The minimum absolute atomic E-state index is 0.0578. The van der Waals surface area contributed by atoms with Crippen molar-refractivity contribution >= 4 is 23.5 Å². The van der Waals surface area contributed by atoms with Gasteiger partial charge in [-0.1, -0.05) is 24.2 Å². The Balaban J connectivity index is 1.32. The van der Waals surface area contributed by atoms with Gasteiger partial charge in [0.2, 0.25) is 11.8 Å². The molecule has 1 unspecified atom stereocenters. The van der Waals surface area contributed by atoms with Crippen molar-refractivity contribution in [3.63, 3.8) is 0 Å². The second-order valence-electron chi connectivity index (χ2n) is 7.16. The lowest BCUT2D eigenvalue weighted by atomic mass is 10.1. The summed E-state index contributed by atoms with van der Waals surface area (Å²) < 4.78 is 24.1. The Morgan fingerprint density at radius 2 is 1.94 bits per heavy atom. The first-order valence-corrected chi connectivity index (χ1v) is 9.92. The predicted molar refractivity (Wildman–Crippen MR) is 110 cm³/mol. The zero-order valence-corrected chi connectivity index (χ0v) is 16.9. The van der Waals surface area contributed by atoms with Crippen LogP contribution in [-0.4, -0.2) is 35.2 Å². The molecule has 1 atom stereocenters. The maximum absolute atomic E-state index is 13.1. The highest BCUT2D eigenvalue weighted by Crippen LogP contribution is 2.31. The van der Waals surface area contributed by atoms with Crippen molar-refractivity contribution in [1.82, 2.24) is 10.2 Å². The molecule has 31 heavy (non-hydrogen) atoms. The van der Waals surface area contributed by atoms with Crippen molar-refractivity contribution in [2.75, 3.05) is 23.4 Å². The van der Waals surface area contributed by atoms with Crippen molar-refractivity contribution in [2.45, 2.75) is 25.7 Å². The maximum Gasteiger partial charge on any atom is 0.322 e. The molecule has 8 nitrogen and oxygen atoms in total. The van der Waals surface area contributed by atoms with Crippen LogP contribution in [0.4, 0.5) is 16.1 Å². The van der Waals surface area contributed by atoms with E-state index in [1.807, 2.05) is 12.1 Å². The number of nitrogens with one attached hydrogen (secondary N) is 1. The number of aromatic nitrogens is 2. The third kappa shape index (κ3) is 4.88. The Kier molecular flexibility index (Phi) is 5.92. The molecule has 0 bridgehead atoms. The van der Waals surface area contributed by atoms with Crippen molar-refractivity contribution in [1.29, 1.82) is 0 Å². The molecule has 0 spiro atoms. The van der Waals surface area contributed by atoms with Gasteiger partial charge in [0.1, 0.15) is 11.6 Å². The van der Waals surface area contributed by atoms with Crippen molar-refractivity contribution in [2.24, 2.45) is 0 Å². The third-order valence-corrected chi connectivity index (χ3v) is 5.00. The highest BCUT2D eigenvalue weighted by atomic mass is 19.1. The number of halogens is 1. The fourth-order valence-electron chi connectivity index (χ4n) is 3.32. The smallest absolute Gasteiger partial charge is 0.322 e. The average Bonchev–Trinajstić information content (AvgIpc) is 3.40. The summed E-state index contributed by atoms with van der Waals surface area (Å²) in [6.45, 7) is 2.18. The lowest BCUT2D eigenvalue weighted by molar-refractivity contribution is -0.118. The molecule has 2 amide bonds. The number of aryl methyl sites for hydroxylation is 1. The summed E-state index contributed by atoms with van der Waals surface area (Å²) in [5, 5.41) is 10.3. The van der Waals surface area contributed by atoms with Crippen molar-refractivity contribution < 1.29 is 23.1 Å². The van der Waals surface area contributed by atoms with Crippen LogP contribution in [0.1, 0.15) is 30.7 Å². The van der Waals surface area contributed by atoms with E-state index in [1.54, 1.807) is 29.2 Å². The molecule has 1 aliphatic rings. The molecule has 1 saturated heterocycles. The van der Waals surface area contributed by atoms with E-state index in [4.69, 9.17) is 9.15 Å². The Morgan fingerprint density at radius 3 is 2.65 bits per heavy atom. The molecule has 160 valence electrons. The summed E-state index contributed by atoms with van der Waals surface area (Å²) in [6.07, 6.45) is 1.11. The SMILES string of the molecule is CCc1ccc(OCC(=O)Nc2nnc(C3CC(=O)N(c4ccc(F)cc4)C3)o2)cc1. The molecule has 2 heterocycles. The van der Waals surface area contributed by atoms with Gasteiger partial charge in [0.05, 0.1) is 5.92 Å². The second kappa shape index (κ2) is 8.95. The number of hydrogen-bond acceptors (Lipinski definition) is 6. The van der Waals surface area contributed by atoms with Crippen LogP contribution < -0.4 is 15.0 Å². The molecular weight excluding hydrogens is 403 g/mol. The van der Waals surface area contributed by atoms with Gasteiger partial charge in [-0.25, -0.2) is 4.39 Å². The van der Waals surface area contributed by atoms with E-state index >= 15 is 0 Å². The third-order valence-electron chi connectivity index (χ3n) is 5.00. The van der Waals surface area contributed by atoms with E-state index in [0.29, 0.717) is 18.0 Å². The minimum Gasteiger partial charge on any atom is -0.484 e. The zero-order valence-electron chi connectivity index (χ0n) is 16.9. The van der Waals surface area contributed by atoms with E-state index in [2.05, 4.69) is 22.4 Å². The molecule has 0 radical (unpaired) electrons. The minimum atomic E-state index is -0.440. The van der Waals surface area contributed by atoms with Crippen LogP contribution >= 0.6 is 0 Å². The monoisotopic (exact) mass is 424 g/mol. The summed E-state index contributed by atoms with van der Waals surface area (Å²) in [6, 6.07) is 13.1. The Hall–Kier alpha value is -3.75. The molecule has 1 aromatic heterocycles. The number of nitrogens with zero attached hydrogens (tertiary/aromatic N) is 3. The second-order valence-corrected chi connectivity index (χ2v) is 7.16. The number of anilines is 2. The highest BCUT2D eigenvalue weighted by Gasteiger charge is 2.35. The Labute approximate surface area is 178 Å². The highest BCUT2D eigenvalue weighted by molar-refractivity contribution is 5.96. The number of hydrogen-bond donors (Lipinski definition) is 1. The summed E-state index contributed by atoms with van der Waals surface area (Å²) in [5.74, 6) is -0.406. The summed E-state index contributed by atoms with van der Waals surface area (Å²) in [4.78, 5) is 26.0. The molecule has 1 N–H and O–H groups in total. The van der Waals surface area contributed by atoms with Gasteiger partial charge in [0.15, 0.2) is 6.61 Å². The van der Waals surface area contributed by atoms with Crippen LogP contribution in [0.2, 0.25) is 0 Å². The van der Waals surface area contributed by atoms with Gasteiger partial charge in [-0.05, 0) is 48.4 Å². The van der Waals surface area contributed by atoms with Gasteiger partial charge in [-0.3, -0.25) is 14.9 Å². The van der Waals surface area contributed by atoms with Gasteiger partial charge >= 0.3 is 6.01 Å². The first-order chi connectivity index (χ1) is 15.0. The zero-order chi connectivity index (χ0) is 21.8. The fourth-order valence-corrected chi connectivity index (χ4v) is 3.32. The van der Waals surface area contributed by atoms with Crippen LogP contribution in [0.25, 0.3) is 0 Å². The molecule has 1 aliphatic heterocycles. The number of ether oxygens (including phenoxy) is 1. The lowest BCUT2D eigenvalue weighted by Crippen LogP contribution is -2.24. The molecule has 0 saturated carbocycles. The predicted octanol–water partition coefficient (Wildman–Crippen LogP) is 3.31. The fraction of sp³-hybridized carbons (Fsp3) is 0.273. The molecule has 4 rings (SSSR count). The number of carbonyl (C=O) groups excluding carboxylic acids is 2. The van der Waals surface area contributed by atoms with Gasteiger partial charge in [0.25, 0.3) is 5.91 Å². The standard InChI is InChI=1S/C22H21FN4O4/c1-2-14-3-9-18(10-4-14)30-13-19(28)24-22-26-25-21(31-22)15-11-20(29)27(12-15)17-7-5-16(23)6-8-17/h3-10,15H,2,11-13H2,1H3,(H,24,26,28). The topological polar surface area (TPSA) is 97.6 Å². The van der Waals surface area contributed by atoms with E-state index in [-0.39, 0.29) is 42.6 Å². The van der Waals surface area contributed by atoms with Gasteiger partial charge in [0, 0.05) is 18.7 Å². The van der Waals surface area contributed by atoms with Crippen LogP contribution in [0, 0.1) is 5.82 Å². The largest absolute Gasteiger partial charge is 0.484 e. The normalized spacial score (nSPS) is 15.9. The first kappa shape index (κ1) is 20.5. The van der Waals surface area contributed by atoms with Crippen LogP contribution in [0.15, 0.2) is 52.9 Å². The molecule has 9 heteroatoms. The van der Waals surface area contributed by atoms with Crippen molar-refractivity contribution in [3.05, 3.63) is 65.8 Å². The maximum atomic E-state index is 13.1. The summed E-state index contributed by atoms with van der Waals surface area (Å²) in [5.41, 5.74) is 1.78. The molecule has 1 fully saturated rings. The molecule has 3 aromatic rings. The van der Waals surface area contributed by atoms with Gasteiger partial charge < -0.3 is 14.1 Å². The lowest BCUT2D eigenvalue weighted by Gasteiger charge is -2.15. The van der Waals surface area contributed by atoms with E-state index in [9.17, 15) is 14.0 Å². The van der Waals surface area contributed by atoms with E-state index in [0.717, 1.165) is 6.42 Å². The van der Waals surface area contributed by atoms with E-state index < -0.39 is 5.91 Å². The van der Waals surface area contributed by atoms with E-state index in [1.165, 1.54) is 17.7 Å². The summed E-state index contributed by atoms with van der Waals surface area (Å²) >= 11 is 0. The number of benzene rings is 2. The first-order valence-electron chi connectivity index (χ1n) is 9.92.